The average Bonchev–Trinajstić information content (AvgIpc) is 2.60. The van der Waals surface area contributed by atoms with E-state index in [9.17, 15) is 15.0 Å². The fourth-order valence-corrected chi connectivity index (χ4v) is 2.60. The van der Waals surface area contributed by atoms with Crippen LogP contribution in [0.1, 0.15) is 25.7 Å². The van der Waals surface area contributed by atoms with Crippen LogP contribution in [0.2, 0.25) is 0 Å². The zero-order valence-corrected chi connectivity index (χ0v) is 10.2. The Hall–Kier alpha value is -0.650. The summed E-state index contributed by atoms with van der Waals surface area (Å²) in [6.45, 7) is 4.13. The van der Waals surface area contributed by atoms with E-state index in [2.05, 4.69) is 4.90 Å². The van der Waals surface area contributed by atoms with Crippen LogP contribution in [0.5, 0.6) is 0 Å². The van der Waals surface area contributed by atoms with E-state index in [4.69, 9.17) is 0 Å². The van der Waals surface area contributed by atoms with Gasteiger partial charge in [-0.1, -0.05) is 0 Å². The number of piperidine rings is 1. The smallest absolute Gasteiger partial charge is 0.225 e. The van der Waals surface area contributed by atoms with Crippen LogP contribution in [0.15, 0.2) is 0 Å². The highest BCUT2D eigenvalue weighted by molar-refractivity contribution is 5.78. The number of carbonyl (C=O) groups is 1. The molecule has 0 radical (unpaired) electrons. The SMILES string of the molecule is O=C1CC(O)CN1CCCN1CCC(O)CC1. The van der Waals surface area contributed by atoms with Crippen LogP contribution < -0.4 is 0 Å². The summed E-state index contributed by atoms with van der Waals surface area (Å²) >= 11 is 0. The number of carbonyl (C=O) groups excluding carboxylic acids is 1. The Balaban J connectivity index is 1.61. The first-order valence-electron chi connectivity index (χ1n) is 6.51. The van der Waals surface area contributed by atoms with Gasteiger partial charge in [-0.25, -0.2) is 0 Å². The molecular formula is C12H22N2O3. The highest BCUT2D eigenvalue weighted by Crippen LogP contribution is 2.13. The maximum absolute atomic E-state index is 11.4. The van der Waals surface area contributed by atoms with Gasteiger partial charge in [0.05, 0.1) is 18.6 Å². The van der Waals surface area contributed by atoms with Crippen LogP contribution in [0.4, 0.5) is 0 Å². The number of nitrogens with zero attached hydrogens (tertiary/aromatic N) is 2. The van der Waals surface area contributed by atoms with E-state index < -0.39 is 6.10 Å². The summed E-state index contributed by atoms with van der Waals surface area (Å²) in [5.41, 5.74) is 0. The van der Waals surface area contributed by atoms with Gasteiger partial charge in [-0.15, -0.1) is 0 Å². The van der Waals surface area contributed by atoms with Crippen LogP contribution in [0.3, 0.4) is 0 Å². The lowest BCUT2D eigenvalue weighted by Gasteiger charge is -2.29. The van der Waals surface area contributed by atoms with E-state index in [1.807, 2.05) is 0 Å². The Morgan fingerprint density at radius 3 is 2.41 bits per heavy atom. The second kappa shape index (κ2) is 5.80. The van der Waals surface area contributed by atoms with Crippen molar-refractivity contribution >= 4 is 5.91 Å². The van der Waals surface area contributed by atoms with Crippen molar-refractivity contribution in [3.05, 3.63) is 0 Å². The second-order valence-electron chi connectivity index (χ2n) is 5.12. The van der Waals surface area contributed by atoms with Gasteiger partial charge in [-0.3, -0.25) is 4.79 Å². The number of rotatable bonds is 4. The monoisotopic (exact) mass is 242 g/mol. The predicted octanol–water partition coefficient (Wildman–Crippen LogP) is -0.574. The van der Waals surface area contributed by atoms with E-state index >= 15 is 0 Å². The lowest BCUT2D eigenvalue weighted by atomic mass is 10.1. The Kier molecular flexibility index (Phi) is 4.36. The van der Waals surface area contributed by atoms with Gasteiger partial charge in [-0.05, 0) is 25.8 Å². The molecule has 2 rings (SSSR count). The molecule has 0 aliphatic carbocycles. The predicted molar refractivity (Wildman–Crippen MR) is 63.5 cm³/mol. The number of likely N-dealkylation sites (tertiary alicyclic amines) is 2. The fourth-order valence-electron chi connectivity index (χ4n) is 2.60. The van der Waals surface area contributed by atoms with E-state index in [0.717, 1.165) is 45.4 Å². The van der Waals surface area contributed by atoms with Crippen LogP contribution in [-0.2, 0) is 4.79 Å². The molecule has 5 nitrogen and oxygen atoms in total. The van der Waals surface area contributed by atoms with Gasteiger partial charge in [0.1, 0.15) is 0 Å². The van der Waals surface area contributed by atoms with Crippen molar-refractivity contribution in [1.82, 2.24) is 9.80 Å². The Labute approximate surface area is 102 Å². The van der Waals surface area contributed by atoms with Crippen LogP contribution in [0.25, 0.3) is 0 Å². The summed E-state index contributed by atoms with van der Waals surface area (Å²) < 4.78 is 0. The van der Waals surface area contributed by atoms with Crippen LogP contribution >= 0.6 is 0 Å². The van der Waals surface area contributed by atoms with Crippen molar-refractivity contribution in [3.63, 3.8) is 0 Å². The lowest BCUT2D eigenvalue weighted by molar-refractivity contribution is -0.127. The van der Waals surface area contributed by atoms with Gasteiger partial charge >= 0.3 is 0 Å². The van der Waals surface area contributed by atoms with Crippen molar-refractivity contribution < 1.29 is 15.0 Å². The summed E-state index contributed by atoms with van der Waals surface area (Å²) in [6.07, 6.45) is 2.38. The number of aliphatic hydroxyl groups excluding tert-OH is 2. The standard InChI is InChI=1S/C12H22N2O3/c15-10-2-6-13(7-3-10)4-1-5-14-9-11(16)8-12(14)17/h10-11,15-16H,1-9H2. The molecule has 2 saturated heterocycles. The minimum atomic E-state index is -0.465. The molecule has 0 bridgehead atoms. The minimum absolute atomic E-state index is 0.0755. The molecule has 1 unspecified atom stereocenters. The summed E-state index contributed by atoms with van der Waals surface area (Å²) in [5.74, 6) is 0.0755. The number of hydrogen-bond donors (Lipinski definition) is 2. The molecule has 17 heavy (non-hydrogen) atoms. The Bertz CT molecular complexity index is 264. The number of aliphatic hydroxyl groups is 2. The molecule has 0 aromatic carbocycles. The molecule has 0 aromatic rings. The highest BCUT2D eigenvalue weighted by atomic mass is 16.3. The summed E-state index contributed by atoms with van der Waals surface area (Å²) in [5, 5.41) is 18.7. The van der Waals surface area contributed by atoms with Crippen molar-refractivity contribution in [2.24, 2.45) is 0 Å². The molecule has 5 heteroatoms. The normalized spacial score (nSPS) is 28.0. The lowest BCUT2D eigenvalue weighted by Crippen LogP contribution is -2.38. The average molecular weight is 242 g/mol. The number of β-amino-alcohol motifs (C(OH)–C–C–N with tert-alkyl or cyclic N) is 1. The molecule has 1 amide bonds. The largest absolute Gasteiger partial charge is 0.393 e. The molecule has 2 aliphatic rings. The third-order valence-corrected chi connectivity index (χ3v) is 3.65. The summed E-state index contributed by atoms with van der Waals surface area (Å²) in [6, 6.07) is 0. The summed E-state index contributed by atoms with van der Waals surface area (Å²) in [7, 11) is 0. The third kappa shape index (κ3) is 3.66. The molecule has 2 heterocycles. The van der Waals surface area contributed by atoms with Crippen molar-refractivity contribution in [1.29, 1.82) is 0 Å². The Morgan fingerprint density at radius 1 is 1.12 bits per heavy atom. The van der Waals surface area contributed by atoms with E-state index in [0.29, 0.717) is 6.54 Å². The molecule has 0 spiro atoms. The van der Waals surface area contributed by atoms with Gasteiger partial charge in [0, 0.05) is 26.2 Å². The van der Waals surface area contributed by atoms with Gasteiger partial charge in [-0.2, -0.15) is 0 Å². The first-order chi connectivity index (χ1) is 8.15. The molecule has 2 aliphatic heterocycles. The van der Waals surface area contributed by atoms with Gasteiger partial charge < -0.3 is 20.0 Å². The highest BCUT2D eigenvalue weighted by Gasteiger charge is 2.27. The third-order valence-electron chi connectivity index (χ3n) is 3.65. The van der Waals surface area contributed by atoms with E-state index in [-0.39, 0.29) is 18.4 Å². The first-order valence-corrected chi connectivity index (χ1v) is 6.51. The topological polar surface area (TPSA) is 64.0 Å². The minimum Gasteiger partial charge on any atom is -0.393 e. The molecule has 2 fully saturated rings. The van der Waals surface area contributed by atoms with Crippen molar-refractivity contribution in [2.75, 3.05) is 32.7 Å². The summed E-state index contributed by atoms with van der Waals surface area (Å²) in [4.78, 5) is 15.5. The fraction of sp³-hybridized carbons (Fsp3) is 0.917. The van der Waals surface area contributed by atoms with Gasteiger partial charge in [0.2, 0.25) is 5.91 Å². The van der Waals surface area contributed by atoms with E-state index in [1.165, 1.54) is 0 Å². The molecular weight excluding hydrogens is 220 g/mol. The number of hydrogen-bond acceptors (Lipinski definition) is 4. The van der Waals surface area contributed by atoms with Crippen molar-refractivity contribution in [2.45, 2.75) is 37.9 Å². The first kappa shape index (κ1) is 12.8. The van der Waals surface area contributed by atoms with Crippen LogP contribution in [-0.4, -0.2) is 70.9 Å². The molecule has 0 saturated carbocycles. The zero-order valence-electron chi connectivity index (χ0n) is 10.2. The quantitative estimate of drug-likeness (QED) is 0.693. The maximum atomic E-state index is 11.4. The van der Waals surface area contributed by atoms with Crippen molar-refractivity contribution in [3.8, 4) is 0 Å². The number of amides is 1. The van der Waals surface area contributed by atoms with Gasteiger partial charge in [0.15, 0.2) is 0 Å². The van der Waals surface area contributed by atoms with Gasteiger partial charge in [0.25, 0.3) is 0 Å². The maximum Gasteiger partial charge on any atom is 0.225 e. The zero-order chi connectivity index (χ0) is 12.3. The molecule has 0 aromatic heterocycles. The second-order valence-corrected chi connectivity index (χ2v) is 5.12. The van der Waals surface area contributed by atoms with E-state index in [1.54, 1.807) is 4.90 Å². The Morgan fingerprint density at radius 2 is 1.82 bits per heavy atom. The van der Waals surface area contributed by atoms with Crippen LogP contribution in [0, 0.1) is 0 Å². The molecule has 98 valence electrons. The molecule has 1 atom stereocenters. The molecule has 2 N–H and O–H groups in total.